The average molecular weight is 395 g/mol. The highest BCUT2D eigenvalue weighted by atomic mass is 16.5. The van der Waals surface area contributed by atoms with Crippen molar-refractivity contribution in [3.05, 3.63) is 54.1 Å². The number of benzene rings is 2. The van der Waals surface area contributed by atoms with Crippen LogP contribution in [0.2, 0.25) is 0 Å². The molecule has 1 saturated heterocycles. The molecule has 4 rings (SSSR count). The molecule has 0 spiro atoms. The molecule has 5 nitrogen and oxygen atoms in total. The number of carbonyl (C=O) groups excluding carboxylic acids is 1. The van der Waals surface area contributed by atoms with Crippen LogP contribution < -0.4 is 14.2 Å². The number of fused-ring (bicyclic) bond motifs is 1. The van der Waals surface area contributed by atoms with Gasteiger partial charge in [0.1, 0.15) is 23.9 Å². The van der Waals surface area contributed by atoms with Gasteiger partial charge in [0.25, 0.3) is 0 Å². The predicted octanol–water partition coefficient (Wildman–Crippen LogP) is 3.95. The Morgan fingerprint density at radius 2 is 2.00 bits per heavy atom. The van der Waals surface area contributed by atoms with Gasteiger partial charge in [0.15, 0.2) is 0 Å². The van der Waals surface area contributed by atoms with E-state index in [2.05, 4.69) is 0 Å². The Bertz CT molecular complexity index is 823. The molecule has 0 radical (unpaired) electrons. The van der Waals surface area contributed by atoms with Crippen LogP contribution in [0, 0.1) is 11.8 Å². The fourth-order valence-electron chi connectivity index (χ4n) is 4.18. The van der Waals surface area contributed by atoms with Crippen molar-refractivity contribution in [1.29, 1.82) is 0 Å². The van der Waals surface area contributed by atoms with Gasteiger partial charge in [0, 0.05) is 19.0 Å². The van der Waals surface area contributed by atoms with Crippen LogP contribution in [0.15, 0.2) is 48.5 Å². The van der Waals surface area contributed by atoms with Crippen molar-refractivity contribution in [2.75, 3.05) is 32.9 Å². The molecule has 154 valence electrons. The minimum absolute atomic E-state index is 0.131. The second kappa shape index (κ2) is 9.21. The molecular weight excluding hydrogens is 366 g/mol. The van der Waals surface area contributed by atoms with Crippen LogP contribution in [0.1, 0.15) is 25.3 Å². The molecule has 0 aromatic heterocycles. The summed E-state index contributed by atoms with van der Waals surface area (Å²) in [5, 5.41) is 0. The molecule has 2 aliphatic rings. The SMILES string of the molecule is CCOc1ccc2c(c1)CC(C(=O)N1CCCC(COc3ccccc3)C1)CO2. The lowest BCUT2D eigenvalue weighted by Crippen LogP contribution is -2.46. The lowest BCUT2D eigenvalue weighted by Gasteiger charge is -2.36. The molecule has 0 N–H and O–H groups in total. The largest absolute Gasteiger partial charge is 0.494 e. The molecule has 2 aromatic carbocycles. The van der Waals surface area contributed by atoms with Crippen LogP contribution in [0.5, 0.6) is 17.2 Å². The van der Waals surface area contributed by atoms with Crippen LogP contribution in [0.4, 0.5) is 0 Å². The minimum Gasteiger partial charge on any atom is -0.494 e. The first-order chi connectivity index (χ1) is 14.2. The highest BCUT2D eigenvalue weighted by molar-refractivity contribution is 5.80. The smallest absolute Gasteiger partial charge is 0.229 e. The van der Waals surface area contributed by atoms with Crippen molar-refractivity contribution in [2.45, 2.75) is 26.2 Å². The van der Waals surface area contributed by atoms with Gasteiger partial charge in [-0.1, -0.05) is 18.2 Å². The number of rotatable bonds is 6. The maximum atomic E-state index is 13.2. The van der Waals surface area contributed by atoms with Gasteiger partial charge in [0.2, 0.25) is 5.91 Å². The Labute approximate surface area is 172 Å². The Kier molecular flexibility index (Phi) is 6.23. The molecule has 29 heavy (non-hydrogen) atoms. The van der Waals surface area contributed by atoms with Crippen LogP contribution >= 0.6 is 0 Å². The van der Waals surface area contributed by atoms with E-state index in [1.807, 2.05) is 60.4 Å². The third-order valence-electron chi connectivity index (χ3n) is 5.66. The van der Waals surface area contributed by atoms with Crippen molar-refractivity contribution < 1.29 is 19.0 Å². The van der Waals surface area contributed by atoms with E-state index in [0.29, 0.717) is 32.2 Å². The van der Waals surface area contributed by atoms with Crippen molar-refractivity contribution in [2.24, 2.45) is 11.8 Å². The Hall–Kier alpha value is -2.69. The van der Waals surface area contributed by atoms with E-state index in [4.69, 9.17) is 14.2 Å². The molecular formula is C24H29NO4. The minimum atomic E-state index is -0.131. The first kappa shape index (κ1) is 19.6. The molecule has 2 unspecified atom stereocenters. The van der Waals surface area contributed by atoms with E-state index in [1.54, 1.807) is 0 Å². The zero-order chi connectivity index (χ0) is 20.1. The number of ether oxygens (including phenoxy) is 3. The van der Waals surface area contributed by atoms with Crippen LogP contribution in [-0.2, 0) is 11.2 Å². The first-order valence-electron chi connectivity index (χ1n) is 10.6. The van der Waals surface area contributed by atoms with Gasteiger partial charge in [-0.25, -0.2) is 0 Å². The zero-order valence-electron chi connectivity index (χ0n) is 17.0. The summed E-state index contributed by atoms with van der Waals surface area (Å²) in [5.41, 5.74) is 1.06. The summed E-state index contributed by atoms with van der Waals surface area (Å²) in [7, 11) is 0. The summed E-state index contributed by atoms with van der Waals surface area (Å²) in [5.74, 6) is 3.02. The van der Waals surface area contributed by atoms with Crippen LogP contribution in [0.3, 0.4) is 0 Å². The van der Waals surface area contributed by atoms with Gasteiger partial charge in [0.05, 0.1) is 19.1 Å². The molecule has 0 saturated carbocycles. The zero-order valence-corrected chi connectivity index (χ0v) is 17.0. The van der Waals surface area contributed by atoms with Gasteiger partial charge in [-0.3, -0.25) is 4.79 Å². The summed E-state index contributed by atoms with van der Waals surface area (Å²) >= 11 is 0. The van der Waals surface area contributed by atoms with Crippen molar-refractivity contribution in [1.82, 2.24) is 4.90 Å². The van der Waals surface area contributed by atoms with Gasteiger partial charge < -0.3 is 19.1 Å². The lowest BCUT2D eigenvalue weighted by molar-refractivity contribution is -0.139. The van der Waals surface area contributed by atoms with Crippen molar-refractivity contribution >= 4 is 5.91 Å². The quantitative estimate of drug-likeness (QED) is 0.743. The molecule has 0 bridgehead atoms. The molecule has 2 atom stereocenters. The fourth-order valence-corrected chi connectivity index (χ4v) is 4.18. The predicted molar refractivity (Wildman–Crippen MR) is 112 cm³/mol. The maximum absolute atomic E-state index is 13.2. The van der Waals surface area contributed by atoms with E-state index >= 15 is 0 Å². The highest BCUT2D eigenvalue weighted by Crippen LogP contribution is 2.32. The number of piperidine rings is 1. The number of likely N-dealkylation sites (tertiary alicyclic amines) is 1. The monoisotopic (exact) mass is 395 g/mol. The summed E-state index contributed by atoms with van der Waals surface area (Å²) in [6.45, 7) is 5.27. The number of nitrogens with zero attached hydrogens (tertiary/aromatic N) is 1. The van der Waals surface area contributed by atoms with Crippen LogP contribution in [0.25, 0.3) is 0 Å². The van der Waals surface area contributed by atoms with E-state index in [0.717, 1.165) is 48.7 Å². The summed E-state index contributed by atoms with van der Waals surface area (Å²) < 4.78 is 17.4. The Morgan fingerprint density at radius 1 is 1.14 bits per heavy atom. The summed E-state index contributed by atoms with van der Waals surface area (Å²) in [4.78, 5) is 15.2. The third-order valence-corrected chi connectivity index (χ3v) is 5.66. The normalized spacial score (nSPS) is 21.1. The second-order valence-electron chi connectivity index (χ2n) is 7.83. The van der Waals surface area contributed by atoms with Crippen molar-refractivity contribution in [3.63, 3.8) is 0 Å². The molecule has 0 aliphatic carbocycles. The Balaban J connectivity index is 1.34. The topological polar surface area (TPSA) is 48.0 Å². The number of amides is 1. The van der Waals surface area contributed by atoms with Crippen LogP contribution in [-0.4, -0.2) is 43.7 Å². The molecule has 1 fully saturated rings. The lowest BCUT2D eigenvalue weighted by atomic mass is 9.93. The molecule has 2 heterocycles. The standard InChI is InChI=1S/C24H29NO4/c1-2-27-22-10-11-23-19(14-22)13-20(17-29-23)24(26)25-12-6-7-18(15-25)16-28-21-8-4-3-5-9-21/h3-5,8-11,14,18,20H,2,6-7,12-13,15-17H2,1H3. The average Bonchev–Trinajstić information content (AvgIpc) is 2.78. The van der Waals surface area contributed by atoms with E-state index in [-0.39, 0.29) is 11.8 Å². The van der Waals surface area contributed by atoms with E-state index in [1.165, 1.54) is 0 Å². The molecule has 5 heteroatoms. The number of hydrogen-bond acceptors (Lipinski definition) is 4. The molecule has 2 aromatic rings. The summed E-state index contributed by atoms with van der Waals surface area (Å²) in [6.07, 6.45) is 2.82. The second-order valence-corrected chi connectivity index (χ2v) is 7.83. The molecule has 1 amide bonds. The van der Waals surface area contributed by atoms with E-state index < -0.39 is 0 Å². The van der Waals surface area contributed by atoms with Gasteiger partial charge in [-0.2, -0.15) is 0 Å². The van der Waals surface area contributed by atoms with Gasteiger partial charge in [-0.05, 0) is 62.1 Å². The Morgan fingerprint density at radius 3 is 2.83 bits per heavy atom. The highest BCUT2D eigenvalue weighted by Gasteiger charge is 2.32. The first-order valence-corrected chi connectivity index (χ1v) is 10.6. The number of hydrogen-bond donors (Lipinski definition) is 0. The van der Waals surface area contributed by atoms with E-state index in [9.17, 15) is 4.79 Å². The third kappa shape index (κ3) is 4.84. The maximum Gasteiger partial charge on any atom is 0.229 e. The fraction of sp³-hybridized carbons (Fsp3) is 0.458. The summed E-state index contributed by atoms with van der Waals surface area (Å²) in [6, 6.07) is 15.7. The number of para-hydroxylation sites is 1. The van der Waals surface area contributed by atoms with Crippen molar-refractivity contribution in [3.8, 4) is 17.2 Å². The van der Waals surface area contributed by atoms with Gasteiger partial charge >= 0.3 is 0 Å². The van der Waals surface area contributed by atoms with Gasteiger partial charge in [-0.15, -0.1) is 0 Å². The number of carbonyl (C=O) groups is 1. The molecule has 2 aliphatic heterocycles.